The topological polar surface area (TPSA) is 66.1 Å². The van der Waals surface area contributed by atoms with Gasteiger partial charge in [0.05, 0.1) is 23.4 Å². The van der Waals surface area contributed by atoms with Crippen LogP contribution in [0.15, 0.2) is 5.38 Å². The molecule has 4 nitrogen and oxygen atoms in total. The van der Waals surface area contributed by atoms with Crippen LogP contribution >= 0.6 is 11.3 Å². The van der Waals surface area contributed by atoms with E-state index in [1.54, 1.807) is 0 Å². The first-order chi connectivity index (χ1) is 7.68. The van der Waals surface area contributed by atoms with Crippen LogP contribution in [0.5, 0.6) is 0 Å². The maximum Gasteiger partial charge on any atom is 0.118 e. The standard InChI is InChI=1S/C11H14N2O2S/c1-8-13-9(5-16-8)10(14)11(6-12)3-2-4-15-7-11/h5,10,14H,2-4,7H2,1H3. The van der Waals surface area contributed by atoms with Gasteiger partial charge in [-0.2, -0.15) is 5.26 Å². The summed E-state index contributed by atoms with van der Waals surface area (Å²) in [5.74, 6) is 0. The van der Waals surface area contributed by atoms with E-state index in [0.29, 0.717) is 25.3 Å². The number of aromatic nitrogens is 1. The number of thiazole rings is 1. The molecule has 1 N–H and O–H groups in total. The van der Waals surface area contributed by atoms with Gasteiger partial charge in [0.1, 0.15) is 11.5 Å². The molecule has 0 aromatic carbocycles. The van der Waals surface area contributed by atoms with Gasteiger partial charge in [-0.1, -0.05) is 0 Å². The summed E-state index contributed by atoms with van der Waals surface area (Å²) in [6.45, 7) is 2.85. The second kappa shape index (κ2) is 4.50. The zero-order valence-corrected chi connectivity index (χ0v) is 9.96. The van der Waals surface area contributed by atoms with Gasteiger partial charge in [0.2, 0.25) is 0 Å². The molecule has 2 atom stereocenters. The summed E-state index contributed by atoms with van der Waals surface area (Å²) < 4.78 is 5.32. The SMILES string of the molecule is Cc1nc(C(O)C2(C#N)CCCOC2)cs1. The van der Waals surface area contributed by atoms with E-state index >= 15 is 0 Å². The first kappa shape index (κ1) is 11.5. The highest BCUT2D eigenvalue weighted by molar-refractivity contribution is 7.09. The zero-order chi connectivity index (χ0) is 11.6. The van der Waals surface area contributed by atoms with Crippen LogP contribution in [0.3, 0.4) is 0 Å². The lowest BCUT2D eigenvalue weighted by Gasteiger charge is -2.33. The molecule has 2 unspecified atom stereocenters. The third-order valence-electron chi connectivity index (χ3n) is 2.93. The molecule has 0 bridgehead atoms. The molecule has 5 heteroatoms. The van der Waals surface area contributed by atoms with Crippen molar-refractivity contribution < 1.29 is 9.84 Å². The van der Waals surface area contributed by atoms with Gasteiger partial charge in [-0.05, 0) is 19.8 Å². The number of aliphatic hydroxyl groups excluding tert-OH is 1. The van der Waals surface area contributed by atoms with E-state index in [-0.39, 0.29) is 0 Å². The van der Waals surface area contributed by atoms with Gasteiger partial charge < -0.3 is 9.84 Å². The van der Waals surface area contributed by atoms with Crippen molar-refractivity contribution in [3.8, 4) is 6.07 Å². The molecule has 1 aromatic rings. The van der Waals surface area contributed by atoms with E-state index in [1.165, 1.54) is 11.3 Å². The highest BCUT2D eigenvalue weighted by atomic mass is 32.1. The van der Waals surface area contributed by atoms with Gasteiger partial charge in [-0.15, -0.1) is 11.3 Å². The van der Waals surface area contributed by atoms with Crippen molar-refractivity contribution in [1.29, 1.82) is 5.26 Å². The van der Waals surface area contributed by atoms with Crippen molar-refractivity contribution >= 4 is 11.3 Å². The summed E-state index contributed by atoms with van der Waals surface area (Å²) >= 11 is 1.48. The molecular formula is C11H14N2O2S. The zero-order valence-electron chi connectivity index (χ0n) is 9.14. The van der Waals surface area contributed by atoms with Crippen LogP contribution in [0, 0.1) is 23.7 Å². The molecule has 1 fully saturated rings. The normalized spacial score (nSPS) is 27.3. The van der Waals surface area contributed by atoms with Crippen LogP contribution < -0.4 is 0 Å². The second-order valence-electron chi connectivity index (χ2n) is 4.12. The summed E-state index contributed by atoms with van der Waals surface area (Å²) in [7, 11) is 0. The molecular weight excluding hydrogens is 224 g/mol. The molecule has 86 valence electrons. The maximum absolute atomic E-state index is 10.3. The quantitative estimate of drug-likeness (QED) is 0.853. The average Bonchev–Trinajstić information content (AvgIpc) is 2.76. The third-order valence-corrected chi connectivity index (χ3v) is 3.73. The molecule has 0 radical (unpaired) electrons. The van der Waals surface area contributed by atoms with E-state index in [0.717, 1.165) is 11.4 Å². The van der Waals surface area contributed by atoms with E-state index in [2.05, 4.69) is 11.1 Å². The molecule has 1 aliphatic heterocycles. The van der Waals surface area contributed by atoms with E-state index in [9.17, 15) is 10.4 Å². The minimum atomic E-state index is -0.845. The Hall–Kier alpha value is -0.960. The fourth-order valence-electron chi connectivity index (χ4n) is 1.97. The van der Waals surface area contributed by atoms with Crippen LogP contribution in [0.1, 0.15) is 29.6 Å². The molecule has 0 saturated carbocycles. The number of rotatable bonds is 2. The Morgan fingerprint density at radius 2 is 2.56 bits per heavy atom. The van der Waals surface area contributed by atoms with Crippen LogP contribution in [-0.4, -0.2) is 23.3 Å². The smallest absolute Gasteiger partial charge is 0.118 e. The van der Waals surface area contributed by atoms with Crippen LogP contribution in [-0.2, 0) is 4.74 Å². The van der Waals surface area contributed by atoms with Gasteiger partial charge in [0, 0.05) is 12.0 Å². The summed E-state index contributed by atoms with van der Waals surface area (Å²) in [5, 5.41) is 22.2. The predicted octanol–water partition coefficient (Wildman–Crippen LogP) is 1.81. The van der Waals surface area contributed by atoms with Gasteiger partial charge in [0.25, 0.3) is 0 Å². The molecule has 1 aliphatic rings. The minimum absolute atomic E-state index is 0.293. The Balaban J connectivity index is 2.24. The molecule has 1 aromatic heterocycles. The summed E-state index contributed by atoms with van der Waals surface area (Å²) in [5.41, 5.74) is -0.228. The summed E-state index contributed by atoms with van der Waals surface area (Å²) in [6, 6.07) is 2.21. The third kappa shape index (κ3) is 1.96. The first-order valence-electron chi connectivity index (χ1n) is 5.27. The Morgan fingerprint density at radius 3 is 3.06 bits per heavy atom. The van der Waals surface area contributed by atoms with Crippen LogP contribution in [0.2, 0.25) is 0 Å². The van der Waals surface area contributed by atoms with Crippen molar-refractivity contribution in [1.82, 2.24) is 4.98 Å². The Morgan fingerprint density at radius 1 is 1.75 bits per heavy atom. The number of aliphatic hydroxyl groups is 1. The van der Waals surface area contributed by atoms with Crippen molar-refractivity contribution in [2.75, 3.05) is 13.2 Å². The lowest BCUT2D eigenvalue weighted by Crippen LogP contribution is -2.36. The average molecular weight is 238 g/mol. The monoisotopic (exact) mass is 238 g/mol. The number of hydrogen-bond donors (Lipinski definition) is 1. The van der Waals surface area contributed by atoms with Gasteiger partial charge in [-0.25, -0.2) is 4.98 Å². The number of hydrogen-bond acceptors (Lipinski definition) is 5. The van der Waals surface area contributed by atoms with E-state index < -0.39 is 11.5 Å². The maximum atomic E-state index is 10.3. The van der Waals surface area contributed by atoms with Gasteiger partial charge >= 0.3 is 0 Å². The lowest BCUT2D eigenvalue weighted by atomic mass is 9.78. The fraction of sp³-hybridized carbons (Fsp3) is 0.636. The van der Waals surface area contributed by atoms with Gasteiger partial charge in [-0.3, -0.25) is 0 Å². The minimum Gasteiger partial charge on any atom is -0.385 e. The molecule has 16 heavy (non-hydrogen) atoms. The molecule has 1 saturated heterocycles. The highest BCUT2D eigenvalue weighted by Crippen LogP contribution is 2.40. The number of nitriles is 1. The first-order valence-corrected chi connectivity index (χ1v) is 6.15. The fourth-order valence-corrected chi connectivity index (χ4v) is 2.60. The van der Waals surface area contributed by atoms with E-state index in [4.69, 9.17) is 4.74 Å². The van der Waals surface area contributed by atoms with Crippen molar-refractivity contribution in [3.63, 3.8) is 0 Å². The Labute approximate surface area is 98.5 Å². The molecule has 0 spiro atoms. The number of ether oxygens (including phenoxy) is 1. The lowest BCUT2D eigenvalue weighted by molar-refractivity contribution is -0.0519. The molecule has 0 amide bonds. The predicted molar refractivity (Wildman–Crippen MR) is 59.9 cm³/mol. The summed E-state index contributed by atoms with van der Waals surface area (Å²) in [6.07, 6.45) is 0.636. The number of aryl methyl sites for hydroxylation is 1. The highest BCUT2D eigenvalue weighted by Gasteiger charge is 2.42. The number of nitrogens with zero attached hydrogens (tertiary/aromatic N) is 2. The van der Waals surface area contributed by atoms with Crippen LogP contribution in [0.4, 0.5) is 0 Å². The Kier molecular flexibility index (Phi) is 3.24. The largest absolute Gasteiger partial charge is 0.385 e. The van der Waals surface area contributed by atoms with E-state index in [1.807, 2.05) is 12.3 Å². The van der Waals surface area contributed by atoms with Crippen molar-refractivity contribution in [3.05, 3.63) is 16.1 Å². The van der Waals surface area contributed by atoms with Crippen molar-refractivity contribution in [2.24, 2.45) is 5.41 Å². The summed E-state index contributed by atoms with van der Waals surface area (Å²) in [4.78, 5) is 4.24. The second-order valence-corrected chi connectivity index (χ2v) is 5.18. The molecule has 2 rings (SSSR count). The van der Waals surface area contributed by atoms with Gasteiger partial charge in [0.15, 0.2) is 0 Å². The molecule has 0 aliphatic carbocycles. The van der Waals surface area contributed by atoms with Crippen LogP contribution in [0.25, 0.3) is 0 Å². The molecule has 2 heterocycles. The Bertz CT molecular complexity index is 404. The van der Waals surface area contributed by atoms with Crippen molar-refractivity contribution in [2.45, 2.75) is 25.9 Å².